The summed E-state index contributed by atoms with van der Waals surface area (Å²) >= 11 is 0. The van der Waals surface area contributed by atoms with E-state index in [9.17, 15) is 9.59 Å². The Morgan fingerprint density at radius 3 is 2.87 bits per heavy atom. The molecule has 1 saturated carbocycles. The lowest BCUT2D eigenvalue weighted by atomic mass is 9.73. The molecule has 0 amide bonds. The molecule has 0 aromatic heterocycles. The molecule has 3 aliphatic rings. The van der Waals surface area contributed by atoms with Crippen LogP contribution in [0.4, 0.5) is 0 Å². The minimum Gasteiger partial charge on any atom is -0.482 e. The van der Waals surface area contributed by atoms with Crippen molar-refractivity contribution >= 4 is 11.8 Å². The quantitative estimate of drug-likeness (QED) is 0.583. The van der Waals surface area contributed by atoms with Gasteiger partial charge in [-0.1, -0.05) is 12.1 Å². The van der Waals surface area contributed by atoms with Crippen LogP contribution in [-0.4, -0.2) is 44.5 Å². The average molecular weight is 431 g/mol. The number of fused-ring (bicyclic) bond motifs is 2. The Bertz CT molecular complexity index is 784. The molecule has 1 heterocycles. The van der Waals surface area contributed by atoms with Crippen LogP contribution in [0.5, 0.6) is 5.75 Å². The van der Waals surface area contributed by atoms with Crippen LogP contribution >= 0.6 is 0 Å². The van der Waals surface area contributed by atoms with E-state index in [1.165, 1.54) is 12.7 Å². The van der Waals surface area contributed by atoms with Crippen LogP contribution in [0.1, 0.15) is 56.6 Å². The second-order valence-electron chi connectivity index (χ2n) is 9.19. The van der Waals surface area contributed by atoms with E-state index in [2.05, 4.69) is 17.7 Å². The predicted molar refractivity (Wildman–Crippen MR) is 115 cm³/mol. The number of carbonyl (C=O) groups is 2. The molecule has 1 saturated heterocycles. The lowest BCUT2D eigenvalue weighted by Crippen LogP contribution is -2.29. The zero-order valence-electron chi connectivity index (χ0n) is 18.6. The molecular formula is C25H34O6. The van der Waals surface area contributed by atoms with Gasteiger partial charge in [-0.3, -0.25) is 4.79 Å². The van der Waals surface area contributed by atoms with Crippen molar-refractivity contribution < 1.29 is 28.5 Å². The summed E-state index contributed by atoms with van der Waals surface area (Å²) in [5.74, 6) is 1.58. The van der Waals surface area contributed by atoms with Crippen LogP contribution < -0.4 is 4.74 Å². The maximum atomic E-state index is 12.9. The number of esters is 1. The van der Waals surface area contributed by atoms with Gasteiger partial charge < -0.3 is 18.9 Å². The minimum absolute atomic E-state index is 0.0826. The van der Waals surface area contributed by atoms with Crippen molar-refractivity contribution in [2.24, 2.45) is 17.8 Å². The SMILES string of the molecule is COC(=O)COc1cccc2c1C[C@H]1CC(=O)C(CC[C@H](C)OC3CCCCO3)[C@H]1C2. The number of ketones is 1. The van der Waals surface area contributed by atoms with Gasteiger partial charge in [0.2, 0.25) is 0 Å². The van der Waals surface area contributed by atoms with Gasteiger partial charge in [0, 0.05) is 18.9 Å². The first-order valence-electron chi connectivity index (χ1n) is 11.6. The summed E-state index contributed by atoms with van der Waals surface area (Å²) in [7, 11) is 1.36. The van der Waals surface area contributed by atoms with Crippen molar-refractivity contribution in [1.29, 1.82) is 0 Å². The number of carbonyl (C=O) groups excluding carboxylic acids is 2. The number of methoxy groups -OCH3 is 1. The van der Waals surface area contributed by atoms with Crippen LogP contribution in [0.2, 0.25) is 0 Å². The highest BCUT2D eigenvalue weighted by atomic mass is 16.7. The summed E-state index contributed by atoms with van der Waals surface area (Å²) in [6.45, 7) is 2.79. The van der Waals surface area contributed by atoms with Gasteiger partial charge in [0.15, 0.2) is 12.9 Å². The van der Waals surface area contributed by atoms with E-state index in [-0.39, 0.29) is 24.9 Å². The van der Waals surface area contributed by atoms with E-state index in [1.807, 2.05) is 12.1 Å². The first-order chi connectivity index (χ1) is 15.0. The molecular weight excluding hydrogens is 396 g/mol. The normalized spacial score (nSPS) is 28.5. The molecule has 0 bridgehead atoms. The van der Waals surface area contributed by atoms with Gasteiger partial charge in [-0.25, -0.2) is 4.79 Å². The van der Waals surface area contributed by atoms with Crippen LogP contribution in [0.15, 0.2) is 18.2 Å². The van der Waals surface area contributed by atoms with E-state index < -0.39 is 5.97 Å². The molecule has 1 aromatic carbocycles. The fourth-order valence-corrected chi connectivity index (χ4v) is 5.48. The Kier molecular flexibility index (Phi) is 7.28. The smallest absolute Gasteiger partial charge is 0.343 e. The minimum atomic E-state index is -0.391. The molecule has 6 nitrogen and oxygen atoms in total. The van der Waals surface area contributed by atoms with Crippen LogP contribution in [0, 0.1) is 17.8 Å². The summed E-state index contributed by atoms with van der Waals surface area (Å²) in [5.41, 5.74) is 2.38. The molecule has 5 atom stereocenters. The van der Waals surface area contributed by atoms with Crippen LogP contribution in [0.3, 0.4) is 0 Å². The lowest BCUT2D eigenvalue weighted by molar-refractivity contribution is -0.186. The maximum Gasteiger partial charge on any atom is 0.343 e. The first-order valence-corrected chi connectivity index (χ1v) is 11.6. The number of Topliss-reactive ketones (excluding diaryl/α,β-unsaturated/α-hetero) is 1. The molecule has 0 spiro atoms. The number of rotatable bonds is 8. The predicted octanol–water partition coefficient (Wildman–Crippen LogP) is 3.87. The highest BCUT2D eigenvalue weighted by Crippen LogP contribution is 2.46. The standard InChI is InChI=1S/C25H34O6/c1-16(31-25-8-3-4-11-29-25)9-10-19-20-12-17-6-5-7-23(30-15-24(27)28-2)21(17)13-18(20)14-22(19)26/h5-7,16,18-20,25H,3-4,8-15H2,1-2H3/t16-,18-,19?,20-,25?/m0/s1. The van der Waals surface area contributed by atoms with Crippen molar-refractivity contribution in [2.75, 3.05) is 20.3 Å². The highest BCUT2D eigenvalue weighted by molar-refractivity contribution is 5.84. The van der Waals surface area contributed by atoms with E-state index in [0.717, 1.165) is 62.9 Å². The third-order valence-corrected chi connectivity index (χ3v) is 7.13. The number of ether oxygens (including phenoxy) is 4. The molecule has 1 aromatic rings. The summed E-state index contributed by atoms with van der Waals surface area (Å²) in [4.78, 5) is 24.3. The Morgan fingerprint density at radius 2 is 2.10 bits per heavy atom. The summed E-state index contributed by atoms with van der Waals surface area (Å²) in [6, 6.07) is 6.00. The average Bonchev–Trinajstić information content (AvgIpc) is 3.09. The number of hydrogen-bond donors (Lipinski definition) is 0. The van der Waals surface area contributed by atoms with Crippen molar-refractivity contribution in [2.45, 2.75) is 70.7 Å². The van der Waals surface area contributed by atoms with Crippen molar-refractivity contribution in [3.63, 3.8) is 0 Å². The van der Waals surface area contributed by atoms with Gasteiger partial charge >= 0.3 is 5.97 Å². The molecule has 4 rings (SSSR count). The molecule has 31 heavy (non-hydrogen) atoms. The molecule has 0 radical (unpaired) electrons. The van der Waals surface area contributed by atoms with E-state index >= 15 is 0 Å². The van der Waals surface area contributed by atoms with Crippen LogP contribution in [-0.2, 0) is 36.6 Å². The number of benzene rings is 1. The van der Waals surface area contributed by atoms with E-state index in [4.69, 9.17) is 14.2 Å². The largest absolute Gasteiger partial charge is 0.482 e. The van der Waals surface area contributed by atoms with Gasteiger partial charge in [-0.15, -0.1) is 0 Å². The number of hydrogen-bond acceptors (Lipinski definition) is 6. The Balaban J connectivity index is 1.36. The summed E-state index contributed by atoms with van der Waals surface area (Å²) in [5, 5.41) is 0. The Morgan fingerprint density at radius 1 is 1.23 bits per heavy atom. The summed E-state index contributed by atoms with van der Waals surface area (Å²) in [6.07, 6.45) is 7.39. The zero-order valence-corrected chi connectivity index (χ0v) is 18.6. The van der Waals surface area contributed by atoms with E-state index in [0.29, 0.717) is 24.0 Å². The van der Waals surface area contributed by atoms with Gasteiger partial charge in [0.05, 0.1) is 13.2 Å². The third-order valence-electron chi connectivity index (χ3n) is 7.13. The van der Waals surface area contributed by atoms with Gasteiger partial charge in [-0.05, 0) is 80.9 Å². The Labute approximate surface area is 184 Å². The Hall–Kier alpha value is -1.92. The fourth-order valence-electron chi connectivity index (χ4n) is 5.48. The molecule has 1 aliphatic heterocycles. The second-order valence-corrected chi connectivity index (χ2v) is 9.19. The monoisotopic (exact) mass is 430 g/mol. The second kappa shape index (κ2) is 10.1. The molecule has 6 heteroatoms. The third kappa shape index (κ3) is 5.29. The van der Waals surface area contributed by atoms with Gasteiger partial charge in [0.1, 0.15) is 11.5 Å². The van der Waals surface area contributed by atoms with Gasteiger partial charge in [-0.2, -0.15) is 0 Å². The zero-order chi connectivity index (χ0) is 21.8. The first kappa shape index (κ1) is 22.3. The van der Waals surface area contributed by atoms with Crippen molar-refractivity contribution in [3.8, 4) is 5.75 Å². The van der Waals surface area contributed by atoms with Crippen molar-refractivity contribution in [3.05, 3.63) is 29.3 Å². The fraction of sp³-hybridized carbons (Fsp3) is 0.680. The van der Waals surface area contributed by atoms with Gasteiger partial charge in [0.25, 0.3) is 0 Å². The van der Waals surface area contributed by atoms with Crippen LogP contribution in [0.25, 0.3) is 0 Å². The van der Waals surface area contributed by atoms with E-state index in [1.54, 1.807) is 0 Å². The molecule has 2 aliphatic carbocycles. The highest BCUT2D eigenvalue weighted by Gasteiger charge is 2.44. The molecule has 2 fully saturated rings. The topological polar surface area (TPSA) is 71.1 Å². The lowest BCUT2D eigenvalue weighted by Gasteiger charge is -2.32. The van der Waals surface area contributed by atoms with Crippen molar-refractivity contribution in [1.82, 2.24) is 0 Å². The molecule has 0 N–H and O–H groups in total. The summed E-state index contributed by atoms with van der Waals surface area (Å²) < 4.78 is 22.2. The molecule has 2 unspecified atom stereocenters. The molecule has 170 valence electrons. The maximum absolute atomic E-state index is 12.9.